The van der Waals surface area contributed by atoms with Gasteiger partial charge in [0.05, 0.1) is 11.1 Å². The lowest BCUT2D eigenvalue weighted by Crippen LogP contribution is -2.23. The molecule has 0 amide bonds. The van der Waals surface area contributed by atoms with Crippen LogP contribution in [0.25, 0.3) is 10.9 Å². The molecule has 1 aromatic carbocycles. The van der Waals surface area contributed by atoms with Gasteiger partial charge in [-0.05, 0) is 55.7 Å². The maximum atomic E-state index is 11.8. The summed E-state index contributed by atoms with van der Waals surface area (Å²) in [4.78, 5) is 16.6. The number of nitrogens with zero attached hydrogens (tertiary/aromatic N) is 1. The second-order valence-electron chi connectivity index (χ2n) is 6.48. The van der Waals surface area contributed by atoms with E-state index in [1.807, 2.05) is 25.1 Å². The van der Waals surface area contributed by atoms with Gasteiger partial charge in [-0.2, -0.15) is 0 Å². The molecule has 0 aliphatic heterocycles. The summed E-state index contributed by atoms with van der Waals surface area (Å²) >= 11 is 0. The van der Waals surface area contributed by atoms with Gasteiger partial charge in [0.25, 0.3) is 0 Å². The number of carbonyl (C=O) groups is 1. The highest BCUT2D eigenvalue weighted by molar-refractivity contribution is 6.04. The van der Waals surface area contributed by atoms with Gasteiger partial charge in [0.2, 0.25) is 0 Å². The topological polar surface area (TPSA) is 50.2 Å². The number of fused-ring (bicyclic) bond motifs is 2. The van der Waals surface area contributed by atoms with Gasteiger partial charge in [-0.3, -0.25) is 4.98 Å². The van der Waals surface area contributed by atoms with Gasteiger partial charge in [0, 0.05) is 11.1 Å². The van der Waals surface area contributed by atoms with E-state index >= 15 is 0 Å². The second-order valence-corrected chi connectivity index (χ2v) is 6.48. The Balaban J connectivity index is 2.26. The summed E-state index contributed by atoms with van der Waals surface area (Å²) in [6.45, 7) is 6.42. The van der Waals surface area contributed by atoms with Crippen molar-refractivity contribution in [3.63, 3.8) is 0 Å². The van der Waals surface area contributed by atoms with E-state index in [-0.39, 0.29) is 0 Å². The van der Waals surface area contributed by atoms with Crippen LogP contribution in [0.3, 0.4) is 0 Å². The monoisotopic (exact) mass is 283 g/mol. The summed E-state index contributed by atoms with van der Waals surface area (Å²) in [6, 6.07) is 5.88. The molecule has 1 N–H and O–H groups in total. The summed E-state index contributed by atoms with van der Waals surface area (Å²) in [5.74, 6) is 0.307. The largest absolute Gasteiger partial charge is 0.478 e. The van der Waals surface area contributed by atoms with E-state index in [2.05, 4.69) is 13.8 Å². The molecule has 2 aromatic rings. The van der Waals surface area contributed by atoms with Gasteiger partial charge >= 0.3 is 5.97 Å². The van der Waals surface area contributed by atoms with E-state index in [1.165, 1.54) is 0 Å². The van der Waals surface area contributed by atoms with Crippen molar-refractivity contribution in [2.45, 2.75) is 40.0 Å². The van der Waals surface area contributed by atoms with Gasteiger partial charge in [-0.1, -0.05) is 25.5 Å². The molecule has 1 heterocycles. The molecule has 0 radical (unpaired) electrons. The number of hydrogen-bond donors (Lipinski definition) is 1. The predicted octanol–water partition coefficient (Wildman–Crippen LogP) is 4.00. The molecule has 1 aliphatic rings. The van der Waals surface area contributed by atoms with Crippen molar-refractivity contribution >= 4 is 16.9 Å². The van der Waals surface area contributed by atoms with Crippen molar-refractivity contribution in [2.75, 3.05) is 0 Å². The van der Waals surface area contributed by atoms with E-state index in [0.717, 1.165) is 47.0 Å². The third-order valence-electron chi connectivity index (χ3n) is 4.70. The number of rotatable bonds is 2. The van der Waals surface area contributed by atoms with Crippen LogP contribution in [0, 0.1) is 18.8 Å². The summed E-state index contributed by atoms with van der Waals surface area (Å²) < 4.78 is 0. The summed E-state index contributed by atoms with van der Waals surface area (Å²) in [5, 5.41) is 10.5. The Hall–Kier alpha value is -1.90. The van der Waals surface area contributed by atoms with Gasteiger partial charge in [-0.15, -0.1) is 0 Å². The van der Waals surface area contributed by atoms with Crippen LogP contribution in [-0.2, 0) is 12.8 Å². The smallest absolute Gasteiger partial charge is 0.336 e. The van der Waals surface area contributed by atoms with Crippen molar-refractivity contribution in [3.05, 3.63) is 40.6 Å². The number of pyridine rings is 1. The minimum absolute atomic E-state index is 0.476. The van der Waals surface area contributed by atoms with Gasteiger partial charge in [-0.25, -0.2) is 4.79 Å². The van der Waals surface area contributed by atoms with E-state index in [9.17, 15) is 9.90 Å². The van der Waals surface area contributed by atoms with Crippen LogP contribution in [0.1, 0.15) is 47.4 Å². The number of benzene rings is 1. The first-order chi connectivity index (χ1) is 9.97. The SMILES string of the molecule is Cc1ccc2nc3c(c(C(=O)O)c2c1)CC(C(C)C)CC3. The fraction of sp³-hybridized carbons (Fsp3) is 0.444. The third-order valence-corrected chi connectivity index (χ3v) is 4.70. The summed E-state index contributed by atoms with van der Waals surface area (Å²) in [7, 11) is 0. The molecule has 1 aliphatic carbocycles. The molecule has 1 unspecified atom stereocenters. The van der Waals surface area contributed by atoms with Crippen LogP contribution < -0.4 is 0 Å². The van der Waals surface area contributed by atoms with Crippen molar-refractivity contribution in [1.29, 1.82) is 0 Å². The molecule has 0 spiro atoms. The lowest BCUT2D eigenvalue weighted by atomic mass is 9.78. The molecule has 0 bridgehead atoms. The summed E-state index contributed by atoms with van der Waals surface area (Å²) in [6.07, 6.45) is 2.84. The predicted molar refractivity (Wildman–Crippen MR) is 83.8 cm³/mol. The molecule has 0 saturated carbocycles. The first-order valence-electron chi connectivity index (χ1n) is 7.62. The molecule has 21 heavy (non-hydrogen) atoms. The highest BCUT2D eigenvalue weighted by Crippen LogP contribution is 2.34. The molecule has 110 valence electrons. The Morgan fingerprint density at radius 1 is 1.38 bits per heavy atom. The number of aromatic nitrogens is 1. The average Bonchev–Trinajstić information content (AvgIpc) is 2.43. The van der Waals surface area contributed by atoms with Gasteiger partial charge < -0.3 is 5.11 Å². The normalized spacial score (nSPS) is 18.0. The lowest BCUT2D eigenvalue weighted by Gasteiger charge is -2.28. The molecule has 3 nitrogen and oxygen atoms in total. The molecule has 0 saturated heterocycles. The fourth-order valence-electron chi connectivity index (χ4n) is 3.39. The lowest BCUT2D eigenvalue weighted by molar-refractivity contribution is 0.0696. The number of carboxylic acid groups (broad SMARTS) is 1. The van der Waals surface area contributed by atoms with Crippen LogP contribution in [0.15, 0.2) is 18.2 Å². The molecular formula is C18H21NO2. The van der Waals surface area contributed by atoms with Gasteiger partial charge in [0.15, 0.2) is 0 Å². The standard InChI is InChI=1S/C18H21NO2/c1-10(2)12-5-7-16-14(9-12)17(18(20)21)13-8-11(3)4-6-15(13)19-16/h4,6,8,10,12H,5,7,9H2,1-3H3,(H,20,21). The zero-order valence-corrected chi connectivity index (χ0v) is 12.8. The zero-order valence-electron chi connectivity index (χ0n) is 12.8. The van der Waals surface area contributed by atoms with Crippen LogP contribution in [0.5, 0.6) is 0 Å². The van der Waals surface area contributed by atoms with E-state index in [1.54, 1.807) is 0 Å². The van der Waals surface area contributed by atoms with Crippen molar-refractivity contribution < 1.29 is 9.90 Å². The minimum Gasteiger partial charge on any atom is -0.478 e. The highest BCUT2D eigenvalue weighted by Gasteiger charge is 2.28. The van der Waals surface area contributed by atoms with E-state index in [4.69, 9.17) is 4.98 Å². The Bertz CT molecular complexity index is 719. The molecule has 3 rings (SSSR count). The van der Waals surface area contributed by atoms with Crippen LogP contribution in [0.2, 0.25) is 0 Å². The van der Waals surface area contributed by atoms with Gasteiger partial charge in [0.1, 0.15) is 0 Å². The quantitative estimate of drug-likeness (QED) is 0.906. The van der Waals surface area contributed by atoms with Crippen molar-refractivity contribution in [3.8, 4) is 0 Å². The number of carboxylic acids is 1. The Kier molecular flexibility index (Phi) is 3.44. The molecule has 1 aromatic heterocycles. The van der Waals surface area contributed by atoms with Crippen molar-refractivity contribution in [1.82, 2.24) is 4.98 Å². The molecule has 3 heteroatoms. The number of aromatic carboxylic acids is 1. The van der Waals surface area contributed by atoms with E-state index in [0.29, 0.717) is 17.4 Å². The van der Waals surface area contributed by atoms with E-state index < -0.39 is 5.97 Å². The maximum absolute atomic E-state index is 11.8. The highest BCUT2D eigenvalue weighted by atomic mass is 16.4. The zero-order chi connectivity index (χ0) is 15.1. The molecular weight excluding hydrogens is 262 g/mol. The summed E-state index contributed by atoms with van der Waals surface area (Å²) in [5.41, 5.74) is 4.30. The first-order valence-corrected chi connectivity index (χ1v) is 7.62. The Labute approximate surface area is 125 Å². The third kappa shape index (κ3) is 2.41. The van der Waals surface area contributed by atoms with Crippen molar-refractivity contribution in [2.24, 2.45) is 11.8 Å². The Morgan fingerprint density at radius 3 is 2.81 bits per heavy atom. The second kappa shape index (κ2) is 5.14. The fourth-order valence-corrected chi connectivity index (χ4v) is 3.39. The Morgan fingerprint density at radius 2 is 2.14 bits per heavy atom. The number of hydrogen-bond acceptors (Lipinski definition) is 2. The maximum Gasteiger partial charge on any atom is 0.336 e. The average molecular weight is 283 g/mol. The molecule has 1 atom stereocenters. The first kappa shape index (κ1) is 14.1. The minimum atomic E-state index is -0.825. The molecule has 0 fully saturated rings. The van der Waals surface area contributed by atoms with Crippen LogP contribution in [-0.4, -0.2) is 16.1 Å². The number of aryl methyl sites for hydroxylation is 2. The van der Waals surface area contributed by atoms with Crippen LogP contribution >= 0.6 is 0 Å². The van der Waals surface area contributed by atoms with Crippen LogP contribution in [0.4, 0.5) is 0 Å².